The second-order valence-corrected chi connectivity index (χ2v) is 21.0. The zero-order chi connectivity index (χ0) is 53.8. The molecule has 0 aliphatic rings. The van der Waals surface area contributed by atoms with Crippen LogP contribution in [-0.2, 0) is 0 Å². The van der Waals surface area contributed by atoms with Crippen LogP contribution in [0.25, 0.3) is 155 Å². The van der Waals surface area contributed by atoms with Crippen molar-refractivity contribution in [2.24, 2.45) is 0 Å². The molecule has 0 aliphatic carbocycles. The number of benzene rings is 11. The van der Waals surface area contributed by atoms with E-state index in [2.05, 4.69) is 249 Å². The molecule has 17 aromatic rings. The summed E-state index contributed by atoms with van der Waals surface area (Å²) in [6, 6.07) is 95.4. The van der Waals surface area contributed by atoms with Gasteiger partial charge in [0.25, 0.3) is 0 Å². The Morgan fingerprint density at radius 2 is 0.585 bits per heavy atom. The average Bonchev–Trinajstić information content (AvgIpc) is 4.02. The number of hydrogen-bond donors (Lipinski definition) is 0. The van der Waals surface area contributed by atoms with Crippen LogP contribution < -0.4 is 0 Å². The van der Waals surface area contributed by atoms with E-state index < -0.39 is 0 Å². The van der Waals surface area contributed by atoms with Crippen LogP contribution in [0.4, 0.5) is 0 Å². The molecule has 0 saturated carbocycles. The molecule has 0 aliphatic heterocycles. The maximum absolute atomic E-state index is 5.30. The summed E-state index contributed by atoms with van der Waals surface area (Å²) >= 11 is 0. The highest BCUT2D eigenvalue weighted by atomic mass is 15.1. The van der Waals surface area contributed by atoms with Crippen molar-refractivity contribution in [1.29, 1.82) is 0 Å². The van der Waals surface area contributed by atoms with E-state index in [0.29, 0.717) is 17.5 Å². The Bertz CT molecular complexity index is 5330. The minimum absolute atomic E-state index is 0.565. The third kappa shape index (κ3) is 6.98. The lowest BCUT2D eigenvalue weighted by Crippen LogP contribution is -2.04. The second kappa shape index (κ2) is 18.2. The van der Waals surface area contributed by atoms with E-state index in [1.165, 1.54) is 32.3 Å². The highest BCUT2D eigenvalue weighted by Gasteiger charge is 2.25. The van der Waals surface area contributed by atoms with E-state index >= 15 is 0 Å². The maximum Gasteiger partial charge on any atom is 0.164 e. The molecule has 0 bridgehead atoms. The van der Waals surface area contributed by atoms with Gasteiger partial charge in [0.05, 0.1) is 55.5 Å². The fraction of sp³-hybridized carbons (Fsp3) is 0. The van der Waals surface area contributed by atoms with Gasteiger partial charge in [0.1, 0.15) is 0 Å². The first-order valence-corrected chi connectivity index (χ1v) is 27.7. The summed E-state index contributed by atoms with van der Waals surface area (Å²) in [5, 5.41) is 9.48. The number of para-hydroxylation sites is 6. The number of rotatable bonds is 8. The van der Waals surface area contributed by atoms with Crippen LogP contribution in [0.15, 0.2) is 279 Å². The lowest BCUT2D eigenvalue weighted by Gasteiger charge is -2.19. The van der Waals surface area contributed by atoms with Gasteiger partial charge in [-0.05, 0) is 97.1 Å². The molecule has 17 rings (SSSR count). The Balaban J connectivity index is 0.981. The summed E-state index contributed by atoms with van der Waals surface area (Å²) in [5.41, 5.74) is 17.7. The van der Waals surface area contributed by atoms with Crippen LogP contribution in [0.1, 0.15) is 0 Å². The topological polar surface area (TPSA) is 71.3 Å². The Labute approximate surface area is 470 Å². The van der Waals surface area contributed by atoms with Gasteiger partial charge in [-0.2, -0.15) is 0 Å². The first-order chi connectivity index (χ1) is 40.7. The minimum Gasteiger partial charge on any atom is -0.309 e. The molecule has 0 N–H and O–H groups in total. The zero-order valence-corrected chi connectivity index (χ0v) is 44.1. The van der Waals surface area contributed by atoms with E-state index in [0.717, 1.165) is 105 Å². The van der Waals surface area contributed by atoms with Crippen molar-refractivity contribution in [1.82, 2.24) is 38.2 Å². The fourth-order valence-electron chi connectivity index (χ4n) is 12.9. The molecule has 0 unspecified atom stereocenters. The molecule has 82 heavy (non-hydrogen) atoms. The fourth-order valence-corrected chi connectivity index (χ4v) is 12.9. The van der Waals surface area contributed by atoms with Crippen molar-refractivity contribution < 1.29 is 0 Å². The monoisotopic (exact) mass is 1050 g/mol. The number of aromatic nitrogens is 8. The van der Waals surface area contributed by atoms with Crippen LogP contribution in [-0.4, -0.2) is 38.2 Å². The van der Waals surface area contributed by atoms with Gasteiger partial charge in [0, 0.05) is 94.7 Å². The molecule has 382 valence electrons. The summed E-state index contributed by atoms with van der Waals surface area (Å²) in [6.07, 6.45) is 3.96. The van der Waals surface area contributed by atoms with Gasteiger partial charge in [-0.1, -0.05) is 170 Å². The second-order valence-electron chi connectivity index (χ2n) is 21.0. The van der Waals surface area contributed by atoms with Gasteiger partial charge in [0.15, 0.2) is 17.5 Å². The van der Waals surface area contributed by atoms with Crippen LogP contribution >= 0.6 is 0 Å². The van der Waals surface area contributed by atoms with Gasteiger partial charge in [-0.25, -0.2) is 15.0 Å². The molecule has 6 heterocycles. The third-order valence-corrected chi connectivity index (χ3v) is 16.5. The van der Waals surface area contributed by atoms with E-state index in [1.807, 2.05) is 48.8 Å². The van der Waals surface area contributed by atoms with E-state index in [4.69, 9.17) is 19.9 Å². The highest BCUT2D eigenvalue weighted by Crippen LogP contribution is 2.46. The van der Waals surface area contributed by atoms with Crippen LogP contribution in [0.2, 0.25) is 0 Å². The summed E-state index contributed by atoms with van der Waals surface area (Å²) in [4.78, 5) is 20.7. The Morgan fingerprint density at radius 3 is 1.02 bits per heavy atom. The quantitative estimate of drug-likeness (QED) is 0.152. The molecule has 0 amide bonds. The molecule has 8 heteroatoms. The Kier molecular flexibility index (Phi) is 10.1. The molecule has 6 aromatic heterocycles. The number of pyridine rings is 1. The van der Waals surface area contributed by atoms with Crippen LogP contribution in [0, 0.1) is 0 Å². The van der Waals surface area contributed by atoms with Crippen molar-refractivity contribution >= 4 is 87.2 Å². The standard InChI is InChI=1S/C74H46N8/c1-5-21-47(22-6-1)72-76-73(48-23-7-2-8-24-48)78-74(77-72)49-37-38-66(81-64-35-19-15-31-54(64)59-42-57-52-29-13-17-33-62(52)79(68(57)44-70(59)81)50-25-9-3-10-26-50)56(41-49)61-46-75-40-39-67(61)82-65-36-20-16-32-55(65)60-43-58-53-30-14-18-34-63(53)80(69(58)45-71(60)82)51-27-11-4-12-28-51/h1-46H. The van der Waals surface area contributed by atoms with Crippen molar-refractivity contribution in [3.8, 4) is 68.0 Å². The number of hydrogen-bond acceptors (Lipinski definition) is 4. The summed E-state index contributed by atoms with van der Waals surface area (Å²) in [6.45, 7) is 0. The molecule has 0 spiro atoms. The van der Waals surface area contributed by atoms with Crippen molar-refractivity contribution in [3.63, 3.8) is 0 Å². The molecule has 8 nitrogen and oxygen atoms in total. The van der Waals surface area contributed by atoms with Crippen LogP contribution in [0.5, 0.6) is 0 Å². The number of fused-ring (bicyclic) bond motifs is 12. The first kappa shape index (κ1) is 45.8. The zero-order valence-electron chi connectivity index (χ0n) is 44.1. The highest BCUT2D eigenvalue weighted by molar-refractivity contribution is 6.21. The SMILES string of the molecule is c1ccc(-c2nc(-c3ccccc3)nc(-c3ccc(-n4c5ccccc5c5cc6c7ccccc7n(-c7ccccc7)c6cc54)c(-c4cnccc4-n4c5ccccc5c5cc6c7ccccc7n(-c7ccccc7)c6cc54)c3)n2)cc1. The summed E-state index contributed by atoms with van der Waals surface area (Å²) < 4.78 is 9.71. The molecule has 11 aromatic carbocycles. The Hall–Kier alpha value is -11.2. The van der Waals surface area contributed by atoms with Gasteiger partial charge >= 0.3 is 0 Å². The lowest BCUT2D eigenvalue weighted by molar-refractivity contribution is 1.07. The predicted molar refractivity (Wildman–Crippen MR) is 337 cm³/mol. The van der Waals surface area contributed by atoms with Gasteiger partial charge in [-0.3, -0.25) is 4.98 Å². The first-order valence-electron chi connectivity index (χ1n) is 27.7. The minimum atomic E-state index is 0.565. The molecule has 0 atom stereocenters. The molecule has 0 radical (unpaired) electrons. The summed E-state index contributed by atoms with van der Waals surface area (Å²) in [7, 11) is 0. The van der Waals surface area contributed by atoms with E-state index in [-0.39, 0.29) is 0 Å². The lowest BCUT2D eigenvalue weighted by atomic mass is 9.99. The normalized spacial score (nSPS) is 11.9. The van der Waals surface area contributed by atoms with Crippen molar-refractivity contribution in [2.75, 3.05) is 0 Å². The van der Waals surface area contributed by atoms with Crippen molar-refractivity contribution in [2.45, 2.75) is 0 Å². The van der Waals surface area contributed by atoms with E-state index in [9.17, 15) is 0 Å². The smallest absolute Gasteiger partial charge is 0.164 e. The molecular weight excluding hydrogens is 1000 g/mol. The molecular formula is C74H46N8. The summed E-state index contributed by atoms with van der Waals surface area (Å²) in [5.74, 6) is 1.76. The number of nitrogens with zero attached hydrogens (tertiary/aromatic N) is 8. The molecule has 0 fully saturated rings. The Morgan fingerprint density at radius 1 is 0.232 bits per heavy atom. The van der Waals surface area contributed by atoms with Gasteiger partial charge < -0.3 is 18.3 Å². The molecule has 0 saturated heterocycles. The third-order valence-electron chi connectivity index (χ3n) is 16.5. The maximum atomic E-state index is 5.30. The largest absolute Gasteiger partial charge is 0.309 e. The van der Waals surface area contributed by atoms with Gasteiger partial charge in [0.2, 0.25) is 0 Å². The van der Waals surface area contributed by atoms with Crippen molar-refractivity contribution in [3.05, 3.63) is 279 Å². The van der Waals surface area contributed by atoms with Gasteiger partial charge in [-0.15, -0.1) is 0 Å². The predicted octanol–water partition coefficient (Wildman–Crippen LogP) is 18.3. The van der Waals surface area contributed by atoms with Crippen LogP contribution in [0.3, 0.4) is 0 Å². The average molecular weight is 1050 g/mol. The van der Waals surface area contributed by atoms with E-state index in [1.54, 1.807) is 0 Å².